The Morgan fingerprint density at radius 2 is 1.78 bits per heavy atom. The molecule has 0 aliphatic rings. The van der Waals surface area contributed by atoms with Gasteiger partial charge in [0.05, 0.1) is 6.21 Å². The molecule has 0 amide bonds. The third kappa shape index (κ3) is 3.71. The number of fused-ring (bicyclic) bond motifs is 1. The summed E-state index contributed by atoms with van der Waals surface area (Å²) in [5, 5.41) is 14.6. The van der Waals surface area contributed by atoms with Crippen LogP contribution in [0.5, 0.6) is 0 Å². The molecule has 0 aliphatic heterocycles. The maximum Gasteiger partial charge on any atom is 0.245 e. The predicted molar refractivity (Wildman–Crippen MR) is 99.5 cm³/mol. The first kappa shape index (κ1) is 16.6. The van der Waals surface area contributed by atoms with E-state index in [1.54, 1.807) is 18.2 Å². The molecule has 2 aromatic heterocycles. The van der Waals surface area contributed by atoms with E-state index in [-0.39, 0.29) is 17.1 Å². The zero-order valence-electron chi connectivity index (χ0n) is 14.2. The van der Waals surface area contributed by atoms with Crippen molar-refractivity contribution in [3.8, 4) is 0 Å². The van der Waals surface area contributed by atoms with E-state index in [9.17, 15) is 4.39 Å². The lowest BCUT2D eigenvalue weighted by Crippen LogP contribution is -2.03. The molecular formula is C18H14FN7O. The van der Waals surface area contributed by atoms with Crippen molar-refractivity contribution in [2.24, 2.45) is 5.10 Å². The molecule has 0 unspecified atom stereocenters. The Bertz CT molecular complexity index is 1130. The zero-order valence-corrected chi connectivity index (χ0v) is 14.2. The van der Waals surface area contributed by atoms with Gasteiger partial charge in [-0.15, -0.1) is 0 Å². The summed E-state index contributed by atoms with van der Waals surface area (Å²) in [5.74, 6) is 0.310. The second kappa shape index (κ2) is 7.16. The van der Waals surface area contributed by atoms with Gasteiger partial charge in [-0.2, -0.15) is 10.1 Å². The van der Waals surface area contributed by atoms with Crippen molar-refractivity contribution in [1.82, 2.24) is 20.3 Å². The molecule has 134 valence electrons. The average molecular weight is 363 g/mol. The molecule has 9 heteroatoms. The number of nitrogens with one attached hydrogen (secondary N) is 2. The van der Waals surface area contributed by atoms with Gasteiger partial charge in [-0.1, -0.05) is 30.3 Å². The van der Waals surface area contributed by atoms with Crippen LogP contribution >= 0.6 is 0 Å². The van der Waals surface area contributed by atoms with Crippen molar-refractivity contribution in [3.05, 3.63) is 65.5 Å². The fraction of sp³-hybridized carbons (Fsp3) is 0.0556. The Balaban J connectivity index is 1.65. The van der Waals surface area contributed by atoms with Gasteiger partial charge < -0.3 is 5.32 Å². The van der Waals surface area contributed by atoms with E-state index >= 15 is 0 Å². The SMILES string of the molecule is Cc1cccc(Nc2nc3nonc3nc2N/N=C/c2ccccc2F)c1. The minimum Gasteiger partial charge on any atom is -0.337 e. The Kier molecular flexibility index (Phi) is 4.40. The van der Waals surface area contributed by atoms with Gasteiger partial charge in [0, 0.05) is 11.3 Å². The second-order valence-corrected chi connectivity index (χ2v) is 5.72. The smallest absolute Gasteiger partial charge is 0.245 e. The summed E-state index contributed by atoms with van der Waals surface area (Å²) >= 11 is 0. The molecule has 2 heterocycles. The van der Waals surface area contributed by atoms with Gasteiger partial charge in [-0.25, -0.2) is 14.0 Å². The molecule has 0 fully saturated rings. The molecule has 2 aromatic carbocycles. The first-order valence-electron chi connectivity index (χ1n) is 8.06. The fourth-order valence-corrected chi connectivity index (χ4v) is 2.41. The first-order chi connectivity index (χ1) is 13.2. The Morgan fingerprint density at radius 3 is 2.56 bits per heavy atom. The number of rotatable bonds is 5. The lowest BCUT2D eigenvalue weighted by Gasteiger charge is -2.09. The lowest BCUT2D eigenvalue weighted by molar-refractivity contribution is 0.314. The molecule has 0 aliphatic carbocycles. The van der Waals surface area contributed by atoms with Gasteiger partial charge in [-0.3, -0.25) is 5.43 Å². The van der Waals surface area contributed by atoms with Gasteiger partial charge in [0.1, 0.15) is 5.82 Å². The third-order valence-electron chi connectivity index (χ3n) is 3.67. The van der Waals surface area contributed by atoms with Gasteiger partial charge in [-0.05, 0) is 41.0 Å². The number of anilines is 3. The van der Waals surface area contributed by atoms with Crippen molar-refractivity contribution in [2.75, 3.05) is 10.7 Å². The molecule has 4 rings (SSSR count). The maximum absolute atomic E-state index is 13.7. The van der Waals surface area contributed by atoms with Crippen molar-refractivity contribution >= 4 is 34.8 Å². The molecule has 0 atom stereocenters. The van der Waals surface area contributed by atoms with Crippen LogP contribution < -0.4 is 10.7 Å². The molecule has 4 aromatic rings. The largest absolute Gasteiger partial charge is 0.337 e. The summed E-state index contributed by atoms with van der Waals surface area (Å²) in [7, 11) is 0. The van der Waals surface area contributed by atoms with E-state index in [1.807, 2.05) is 31.2 Å². The van der Waals surface area contributed by atoms with Crippen molar-refractivity contribution in [3.63, 3.8) is 0 Å². The van der Waals surface area contributed by atoms with E-state index in [0.717, 1.165) is 11.3 Å². The summed E-state index contributed by atoms with van der Waals surface area (Å²) in [4.78, 5) is 8.65. The number of nitrogens with zero attached hydrogens (tertiary/aromatic N) is 5. The Hall–Kier alpha value is -3.88. The van der Waals surface area contributed by atoms with Crippen LogP contribution in [0.15, 0.2) is 58.3 Å². The van der Waals surface area contributed by atoms with Crippen LogP contribution in [0.4, 0.5) is 21.7 Å². The summed E-state index contributed by atoms with van der Waals surface area (Å²) in [6.45, 7) is 1.99. The number of hydrogen-bond acceptors (Lipinski definition) is 8. The molecule has 2 N–H and O–H groups in total. The molecule has 0 radical (unpaired) electrons. The topological polar surface area (TPSA) is 101 Å². The summed E-state index contributed by atoms with van der Waals surface area (Å²) in [5.41, 5.74) is 5.50. The molecule has 0 bridgehead atoms. The molecule has 0 spiro atoms. The number of halogens is 1. The number of benzene rings is 2. The van der Waals surface area contributed by atoms with Crippen LogP contribution in [0.3, 0.4) is 0 Å². The van der Waals surface area contributed by atoms with Crippen LogP contribution in [0.1, 0.15) is 11.1 Å². The van der Waals surface area contributed by atoms with Crippen LogP contribution in [0.2, 0.25) is 0 Å². The molecular weight excluding hydrogens is 349 g/mol. The highest BCUT2D eigenvalue weighted by Gasteiger charge is 2.13. The second-order valence-electron chi connectivity index (χ2n) is 5.72. The van der Waals surface area contributed by atoms with E-state index in [4.69, 9.17) is 0 Å². The number of hydrazone groups is 1. The quantitative estimate of drug-likeness (QED) is 0.412. The van der Waals surface area contributed by atoms with E-state index < -0.39 is 0 Å². The van der Waals surface area contributed by atoms with E-state index in [1.165, 1.54) is 12.3 Å². The summed E-state index contributed by atoms with van der Waals surface area (Å²) in [6, 6.07) is 14.1. The lowest BCUT2D eigenvalue weighted by atomic mass is 10.2. The molecule has 0 saturated carbocycles. The van der Waals surface area contributed by atoms with Gasteiger partial charge in [0.15, 0.2) is 11.6 Å². The Labute approximate surface area is 153 Å². The normalized spacial score (nSPS) is 11.2. The monoisotopic (exact) mass is 363 g/mol. The number of aromatic nitrogens is 4. The standard InChI is InChI=1S/C18H14FN7O/c1-11-5-4-7-13(9-11)21-15-16(23-18-17(22-15)25-27-26-18)24-20-10-12-6-2-3-8-14(12)19/h2-10H,1H3,(H,21,22,25)(H,23,24,26)/b20-10+. The average Bonchev–Trinajstić information content (AvgIpc) is 3.10. The fourth-order valence-electron chi connectivity index (χ4n) is 2.41. The minimum absolute atomic E-state index is 0.230. The van der Waals surface area contributed by atoms with Crippen LogP contribution in [-0.2, 0) is 0 Å². The maximum atomic E-state index is 13.7. The zero-order chi connectivity index (χ0) is 18.6. The van der Waals surface area contributed by atoms with Gasteiger partial charge >= 0.3 is 0 Å². The molecule has 27 heavy (non-hydrogen) atoms. The highest BCUT2D eigenvalue weighted by molar-refractivity contribution is 5.82. The predicted octanol–water partition coefficient (Wildman–Crippen LogP) is 3.65. The van der Waals surface area contributed by atoms with E-state index in [2.05, 4.69) is 40.8 Å². The third-order valence-corrected chi connectivity index (χ3v) is 3.67. The van der Waals surface area contributed by atoms with E-state index in [0.29, 0.717) is 17.2 Å². The summed E-state index contributed by atoms with van der Waals surface area (Å²) in [6.07, 6.45) is 1.36. The van der Waals surface area contributed by atoms with Crippen LogP contribution in [-0.4, -0.2) is 26.5 Å². The summed E-state index contributed by atoms with van der Waals surface area (Å²) < 4.78 is 18.4. The highest BCUT2D eigenvalue weighted by Crippen LogP contribution is 2.24. The Morgan fingerprint density at radius 1 is 1.00 bits per heavy atom. The number of aryl methyl sites for hydroxylation is 1. The van der Waals surface area contributed by atoms with Gasteiger partial charge in [0.2, 0.25) is 11.3 Å². The van der Waals surface area contributed by atoms with Crippen molar-refractivity contribution < 1.29 is 9.02 Å². The van der Waals surface area contributed by atoms with Crippen LogP contribution in [0.25, 0.3) is 11.3 Å². The highest BCUT2D eigenvalue weighted by atomic mass is 19.1. The minimum atomic E-state index is -0.372. The van der Waals surface area contributed by atoms with Crippen molar-refractivity contribution in [1.29, 1.82) is 0 Å². The van der Waals surface area contributed by atoms with Gasteiger partial charge in [0.25, 0.3) is 0 Å². The first-order valence-corrected chi connectivity index (χ1v) is 8.06. The molecule has 0 saturated heterocycles. The van der Waals surface area contributed by atoms with Crippen molar-refractivity contribution in [2.45, 2.75) is 6.92 Å². The molecule has 8 nitrogen and oxygen atoms in total. The van der Waals surface area contributed by atoms with Crippen LogP contribution in [0, 0.1) is 12.7 Å². The number of hydrogen-bond donors (Lipinski definition) is 2.